The second-order valence-electron chi connectivity index (χ2n) is 7.68. The van der Waals surface area contributed by atoms with Gasteiger partial charge >= 0.3 is 0 Å². The first-order valence-electron chi connectivity index (χ1n) is 10.1. The summed E-state index contributed by atoms with van der Waals surface area (Å²) in [4.78, 5) is 4.53. The first-order valence-corrected chi connectivity index (χ1v) is 11.9. The average molecular weight is 457 g/mol. The zero-order valence-corrected chi connectivity index (χ0v) is 18.5. The number of halogens is 1. The predicted octanol–water partition coefficient (Wildman–Crippen LogP) is 4.80. The van der Waals surface area contributed by atoms with E-state index in [1.807, 2.05) is 13.1 Å². The second-order valence-corrected chi connectivity index (χ2v) is 9.90. The highest BCUT2D eigenvalue weighted by atomic mass is 35.5. The number of ether oxygens (including phenoxy) is 1. The van der Waals surface area contributed by atoms with Crippen molar-refractivity contribution < 1.29 is 13.2 Å². The van der Waals surface area contributed by atoms with Crippen LogP contribution in [-0.4, -0.2) is 33.8 Å². The Morgan fingerprint density at radius 1 is 1.13 bits per heavy atom. The SMILES string of the molecule is Cc1ccc(S(=O)(=O)n2cc(-c3cnn(C4CCCCO4)c3)c3c(Cl)ccnc32)cc1. The summed E-state index contributed by atoms with van der Waals surface area (Å²) in [6.07, 6.45) is 9.58. The molecule has 0 amide bonds. The number of aryl methyl sites for hydroxylation is 1. The van der Waals surface area contributed by atoms with E-state index < -0.39 is 10.0 Å². The minimum absolute atomic E-state index is 0.110. The van der Waals surface area contributed by atoms with Gasteiger partial charge in [0.1, 0.15) is 6.23 Å². The summed E-state index contributed by atoms with van der Waals surface area (Å²) in [7, 11) is -3.86. The Morgan fingerprint density at radius 2 is 1.94 bits per heavy atom. The fraction of sp³-hybridized carbons (Fsp3) is 0.273. The summed E-state index contributed by atoms with van der Waals surface area (Å²) in [5.74, 6) is 0. The van der Waals surface area contributed by atoms with Crippen LogP contribution in [0.25, 0.3) is 22.2 Å². The molecule has 9 heteroatoms. The molecule has 160 valence electrons. The van der Waals surface area contributed by atoms with Gasteiger partial charge in [0.05, 0.1) is 16.1 Å². The first-order chi connectivity index (χ1) is 14.9. The van der Waals surface area contributed by atoms with Crippen molar-refractivity contribution in [1.29, 1.82) is 0 Å². The summed E-state index contributed by atoms with van der Waals surface area (Å²) in [5, 5.41) is 5.46. The molecule has 1 fully saturated rings. The summed E-state index contributed by atoms with van der Waals surface area (Å²) < 4.78 is 35.6. The zero-order valence-electron chi connectivity index (χ0n) is 16.9. The van der Waals surface area contributed by atoms with Crippen LogP contribution in [0.4, 0.5) is 0 Å². The molecule has 7 nitrogen and oxygen atoms in total. The van der Waals surface area contributed by atoms with Gasteiger partial charge in [-0.15, -0.1) is 0 Å². The van der Waals surface area contributed by atoms with E-state index in [1.165, 1.54) is 10.2 Å². The molecule has 0 saturated carbocycles. The van der Waals surface area contributed by atoms with E-state index in [9.17, 15) is 8.42 Å². The third kappa shape index (κ3) is 3.54. The Kier molecular flexibility index (Phi) is 5.08. The van der Waals surface area contributed by atoms with Gasteiger partial charge < -0.3 is 4.74 Å². The molecule has 3 aromatic heterocycles. The van der Waals surface area contributed by atoms with Crippen molar-refractivity contribution in [3.05, 3.63) is 65.7 Å². The van der Waals surface area contributed by atoms with Gasteiger partial charge in [0.2, 0.25) is 0 Å². The highest BCUT2D eigenvalue weighted by Crippen LogP contribution is 2.36. The molecule has 1 unspecified atom stereocenters. The molecule has 1 aromatic carbocycles. The molecule has 31 heavy (non-hydrogen) atoms. The van der Waals surface area contributed by atoms with E-state index in [0.717, 1.165) is 30.4 Å². The topological polar surface area (TPSA) is 79.0 Å². The van der Waals surface area contributed by atoms with E-state index in [-0.39, 0.29) is 16.8 Å². The van der Waals surface area contributed by atoms with Crippen LogP contribution in [0.1, 0.15) is 31.1 Å². The Bertz CT molecular complexity index is 1350. The Morgan fingerprint density at radius 3 is 2.68 bits per heavy atom. The van der Waals surface area contributed by atoms with Gasteiger partial charge in [0, 0.05) is 41.7 Å². The summed E-state index contributed by atoms with van der Waals surface area (Å²) >= 11 is 6.50. The molecule has 1 saturated heterocycles. The van der Waals surface area contributed by atoms with Crippen LogP contribution >= 0.6 is 11.6 Å². The number of benzene rings is 1. The van der Waals surface area contributed by atoms with Crippen LogP contribution < -0.4 is 0 Å². The molecule has 4 aromatic rings. The standard InChI is InChI=1S/C22H21ClN4O3S/c1-15-5-7-17(8-6-15)31(28,29)27-14-18(21-19(23)9-10-24-22(21)27)16-12-25-26(13-16)20-4-2-3-11-30-20/h5-10,12-14,20H,2-4,11H2,1H3. The molecule has 4 heterocycles. The van der Waals surface area contributed by atoms with Gasteiger partial charge in [0.25, 0.3) is 10.0 Å². The fourth-order valence-corrected chi connectivity index (χ4v) is 5.44. The average Bonchev–Trinajstić information content (AvgIpc) is 3.41. The fourth-order valence-electron chi connectivity index (χ4n) is 3.88. The summed E-state index contributed by atoms with van der Waals surface area (Å²) in [5.41, 5.74) is 2.68. The minimum atomic E-state index is -3.86. The van der Waals surface area contributed by atoms with E-state index >= 15 is 0 Å². The van der Waals surface area contributed by atoms with Gasteiger partial charge in [-0.3, -0.25) is 0 Å². The third-order valence-electron chi connectivity index (χ3n) is 5.55. The maximum atomic E-state index is 13.4. The molecule has 0 spiro atoms. The van der Waals surface area contributed by atoms with Crippen molar-refractivity contribution in [3.8, 4) is 11.1 Å². The predicted molar refractivity (Wildman–Crippen MR) is 119 cm³/mol. The van der Waals surface area contributed by atoms with Crippen LogP contribution in [0, 0.1) is 6.92 Å². The minimum Gasteiger partial charge on any atom is -0.357 e. The number of aromatic nitrogens is 4. The molecular formula is C22H21ClN4O3S. The highest BCUT2D eigenvalue weighted by Gasteiger charge is 2.25. The molecule has 1 atom stereocenters. The number of nitrogens with zero attached hydrogens (tertiary/aromatic N) is 4. The lowest BCUT2D eigenvalue weighted by Crippen LogP contribution is -2.18. The Balaban J connectivity index is 1.65. The van der Waals surface area contributed by atoms with Crippen molar-refractivity contribution in [2.24, 2.45) is 0 Å². The van der Waals surface area contributed by atoms with E-state index in [2.05, 4.69) is 10.1 Å². The number of hydrogen-bond donors (Lipinski definition) is 0. The first kappa shape index (κ1) is 20.2. The number of pyridine rings is 1. The lowest BCUT2D eigenvalue weighted by molar-refractivity contribution is -0.0394. The van der Waals surface area contributed by atoms with Crippen LogP contribution in [0.3, 0.4) is 0 Å². The van der Waals surface area contributed by atoms with Gasteiger partial charge in [-0.05, 0) is 44.4 Å². The largest absolute Gasteiger partial charge is 0.357 e. The van der Waals surface area contributed by atoms with Crippen LogP contribution in [0.15, 0.2) is 60.0 Å². The van der Waals surface area contributed by atoms with Crippen molar-refractivity contribution in [2.75, 3.05) is 6.61 Å². The maximum absolute atomic E-state index is 13.4. The Hall–Kier alpha value is -2.68. The summed E-state index contributed by atoms with van der Waals surface area (Å²) in [6.45, 7) is 2.62. The summed E-state index contributed by atoms with van der Waals surface area (Å²) in [6, 6.07) is 8.39. The quantitative estimate of drug-likeness (QED) is 0.440. The molecule has 1 aliphatic rings. The monoisotopic (exact) mass is 456 g/mol. The molecule has 0 bridgehead atoms. The van der Waals surface area contributed by atoms with E-state index in [4.69, 9.17) is 16.3 Å². The molecule has 5 rings (SSSR count). The lowest BCUT2D eigenvalue weighted by atomic mass is 10.1. The van der Waals surface area contributed by atoms with Crippen LogP contribution in [0.5, 0.6) is 0 Å². The molecule has 0 aliphatic carbocycles. The third-order valence-corrected chi connectivity index (χ3v) is 7.52. The normalized spacial score (nSPS) is 17.3. The van der Waals surface area contributed by atoms with Crippen LogP contribution in [0.2, 0.25) is 5.02 Å². The number of fused-ring (bicyclic) bond motifs is 1. The van der Waals surface area contributed by atoms with E-state index in [1.54, 1.807) is 47.4 Å². The maximum Gasteiger partial charge on any atom is 0.269 e. The van der Waals surface area contributed by atoms with Gasteiger partial charge in [-0.25, -0.2) is 22.1 Å². The number of hydrogen-bond acceptors (Lipinski definition) is 5. The molecule has 1 aliphatic heterocycles. The lowest BCUT2D eigenvalue weighted by Gasteiger charge is -2.22. The van der Waals surface area contributed by atoms with Crippen molar-refractivity contribution >= 4 is 32.7 Å². The van der Waals surface area contributed by atoms with Crippen LogP contribution in [-0.2, 0) is 14.8 Å². The molecule has 0 radical (unpaired) electrons. The molecule has 0 N–H and O–H groups in total. The highest BCUT2D eigenvalue weighted by molar-refractivity contribution is 7.90. The second kappa shape index (κ2) is 7.78. The van der Waals surface area contributed by atoms with Gasteiger partial charge in [-0.1, -0.05) is 29.3 Å². The number of rotatable bonds is 4. The molecular weight excluding hydrogens is 436 g/mol. The zero-order chi connectivity index (χ0) is 21.6. The van der Waals surface area contributed by atoms with E-state index in [0.29, 0.717) is 22.6 Å². The van der Waals surface area contributed by atoms with Gasteiger partial charge in [0.15, 0.2) is 5.65 Å². The van der Waals surface area contributed by atoms with Gasteiger partial charge in [-0.2, -0.15) is 5.10 Å². The Labute approximate surface area is 185 Å². The van der Waals surface area contributed by atoms with Crippen molar-refractivity contribution in [2.45, 2.75) is 37.3 Å². The van der Waals surface area contributed by atoms with Crippen molar-refractivity contribution in [3.63, 3.8) is 0 Å². The smallest absolute Gasteiger partial charge is 0.269 e. The van der Waals surface area contributed by atoms with Crippen molar-refractivity contribution in [1.82, 2.24) is 18.7 Å².